The first-order valence-corrected chi connectivity index (χ1v) is 11.3. The fourth-order valence-electron chi connectivity index (χ4n) is 3.94. The summed E-state index contributed by atoms with van der Waals surface area (Å²) in [5.41, 5.74) is 6.94. The molecule has 2 rings (SSSR count). The van der Waals surface area contributed by atoms with Crippen LogP contribution in [0, 0.1) is 0 Å². The average molecular weight is 466 g/mol. The lowest BCUT2D eigenvalue weighted by atomic mass is 9.80. The number of hydrazone groups is 2. The number of nitrogens with one attached hydrogen (secondary N) is 4. The van der Waals surface area contributed by atoms with Crippen LogP contribution >= 0.6 is 24.4 Å². The topological polar surface area (TPSA) is 89.2 Å². The molecule has 0 radical (unpaired) electrons. The first-order valence-electron chi connectivity index (χ1n) is 10.4. The van der Waals surface area contributed by atoms with Crippen LogP contribution in [0.4, 0.5) is 0 Å². The van der Waals surface area contributed by atoms with Crippen LogP contribution in [0.15, 0.2) is 26.8 Å². The first kappa shape index (κ1) is 25.2. The summed E-state index contributed by atoms with van der Waals surface area (Å²) in [6.45, 7) is 11.8. The molecule has 0 aliphatic carbocycles. The quantitative estimate of drug-likeness (QED) is 0.290. The summed E-state index contributed by atoms with van der Waals surface area (Å²) in [6.07, 6.45) is 3.58. The van der Waals surface area contributed by atoms with Crippen LogP contribution in [-0.4, -0.2) is 51.7 Å². The Morgan fingerprint density at radius 1 is 1.00 bits per heavy atom. The number of likely N-dealkylation sites (tertiary alicyclic amines) is 1. The second-order valence-corrected chi connectivity index (χ2v) is 9.69. The third kappa shape index (κ3) is 6.72. The predicted molar refractivity (Wildman–Crippen MR) is 135 cm³/mol. The van der Waals surface area contributed by atoms with Gasteiger partial charge in [0.25, 0.3) is 0 Å². The number of hydrogen-bond donors (Lipinski definition) is 4. The Kier molecular flexibility index (Phi) is 8.56. The summed E-state index contributed by atoms with van der Waals surface area (Å²) in [5, 5.41) is 15.2. The molecule has 1 aromatic heterocycles. The first-order chi connectivity index (χ1) is 14.5. The van der Waals surface area contributed by atoms with E-state index in [1.54, 1.807) is 14.1 Å². The molecule has 0 bridgehead atoms. The molecule has 0 aromatic carbocycles. The van der Waals surface area contributed by atoms with Crippen molar-refractivity contribution in [3.05, 3.63) is 23.7 Å². The van der Waals surface area contributed by atoms with Crippen LogP contribution in [0.1, 0.15) is 65.4 Å². The van der Waals surface area contributed by atoms with Crippen molar-refractivity contribution in [1.29, 1.82) is 0 Å². The van der Waals surface area contributed by atoms with Crippen LogP contribution in [0.5, 0.6) is 0 Å². The van der Waals surface area contributed by atoms with Gasteiger partial charge in [-0.1, -0.05) is 0 Å². The maximum Gasteiger partial charge on any atom is 0.186 e. The molecule has 31 heavy (non-hydrogen) atoms. The van der Waals surface area contributed by atoms with E-state index in [1.165, 1.54) is 19.3 Å². The van der Waals surface area contributed by atoms with Gasteiger partial charge in [0, 0.05) is 25.2 Å². The van der Waals surface area contributed by atoms with Crippen molar-refractivity contribution in [1.82, 2.24) is 26.4 Å². The SMILES string of the molecule is CNC(=S)N/N=C(C)/C(=N\NC(=S)NC)c1ccc(CN2C(C)(C)CCCC2(C)C)o1. The zero-order chi connectivity index (χ0) is 23.2. The molecule has 1 saturated heterocycles. The fourth-order valence-corrected chi connectivity index (χ4v) is 4.03. The summed E-state index contributed by atoms with van der Waals surface area (Å²) in [7, 11) is 3.45. The van der Waals surface area contributed by atoms with Crippen molar-refractivity contribution >= 4 is 46.1 Å². The molecule has 2 heterocycles. The highest BCUT2D eigenvalue weighted by atomic mass is 32.1. The van der Waals surface area contributed by atoms with E-state index in [4.69, 9.17) is 28.9 Å². The van der Waals surface area contributed by atoms with Crippen molar-refractivity contribution in [2.75, 3.05) is 14.1 Å². The second-order valence-electron chi connectivity index (χ2n) is 8.87. The van der Waals surface area contributed by atoms with Crippen LogP contribution in [0.2, 0.25) is 0 Å². The van der Waals surface area contributed by atoms with E-state index >= 15 is 0 Å². The third-order valence-corrected chi connectivity index (χ3v) is 6.23. The van der Waals surface area contributed by atoms with Gasteiger partial charge in [0.15, 0.2) is 16.0 Å². The van der Waals surface area contributed by atoms with E-state index in [9.17, 15) is 0 Å². The van der Waals surface area contributed by atoms with E-state index in [1.807, 2.05) is 19.1 Å². The van der Waals surface area contributed by atoms with Crippen molar-refractivity contribution < 1.29 is 4.42 Å². The lowest BCUT2D eigenvalue weighted by molar-refractivity contribution is -0.0384. The Balaban J connectivity index is 2.30. The van der Waals surface area contributed by atoms with E-state index in [0.29, 0.717) is 27.4 Å². The highest BCUT2D eigenvalue weighted by Gasteiger charge is 2.41. The van der Waals surface area contributed by atoms with Crippen molar-refractivity contribution in [3.63, 3.8) is 0 Å². The van der Waals surface area contributed by atoms with Crippen LogP contribution in [0.25, 0.3) is 0 Å². The molecule has 0 unspecified atom stereocenters. The normalized spacial score (nSPS) is 18.9. The molecule has 172 valence electrons. The number of nitrogens with zero attached hydrogens (tertiary/aromatic N) is 3. The lowest BCUT2D eigenvalue weighted by Gasteiger charge is -2.52. The molecule has 0 spiro atoms. The standard InChI is InChI=1S/C21H35N7OS2/c1-14(24-26-18(30)22-6)17(25-27-19(31)23-7)16-10-9-15(29-16)13-28-20(2,3)11-8-12-21(28,4)5/h9-10H,8,11-13H2,1-7H3,(H2,22,26,30)(H2,23,27,31)/b24-14+,25-17+. The van der Waals surface area contributed by atoms with E-state index < -0.39 is 0 Å². The molecule has 1 fully saturated rings. The third-order valence-electron chi connectivity index (χ3n) is 5.64. The van der Waals surface area contributed by atoms with Crippen LogP contribution < -0.4 is 21.5 Å². The van der Waals surface area contributed by atoms with E-state index in [0.717, 1.165) is 12.3 Å². The zero-order valence-electron chi connectivity index (χ0n) is 19.5. The van der Waals surface area contributed by atoms with Gasteiger partial charge in [-0.25, -0.2) is 0 Å². The molecule has 1 aromatic rings. The fraction of sp³-hybridized carbons (Fsp3) is 0.619. The van der Waals surface area contributed by atoms with Gasteiger partial charge in [0.1, 0.15) is 11.5 Å². The lowest BCUT2D eigenvalue weighted by Crippen LogP contribution is -2.57. The maximum atomic E-state index is 6.22. The second kappa shape index (κ2) is 10.5. The summed E-state index contributed by atoms with van der Waals surface area (Å²) in [4.78, 5) is 2.53. The van der Waals surface area contributed by atoms with Crippen LogP contribution in [0.3, 0.4) is 0 Å². The number of furan rings is 1. The smallest absolute Gasteiger partial charge is 0.186 e. The molecule has 4 N–H and O–H groups in total. The van der Waals surface area contributed by atoms with Gasteiger partial charge in [-0.05, 0) is 90.4 Å². The number of piperidine rings is 1. The van der Waals surface area contributed by atoms with Gasteiger partial charge < -0.3 is 15.1 Å². The summed E-state index contributed by atoms with van der Waals surface area (Å²) in [5.74, 6) is 1.49. The molecule has 10 heteroatoms. The Morgan fingerprint density at radius 2 is 1.55 bits per heavy atom. The van der Waals surface area contributed by atoms with E-state index in [2.05, 4.69) is 64.3 Å². The van der Waals surface area contributed by atoms with E-state index in [-0.39, 0.29) is 11.1 Å². The predicted octanol–water partition coefficient (Wildman–Crippen LogP) is 3.09. The molecule has 0 amide bonds. The largest absolute Gasteiger partial charge is 0.458 e. The highest BCUT2D eigenvalue weighted by Crippen LogP contribution is 2.39. The minimum absolute atomic E-state index is 0.107. The van der Waals surface area contributed by atoms with Gasteiger partial charge in [0.05, 0.1) is 12.3 Å². The molecule has 1 aliphatic rings. The van der Waals surface area contributed by atoms with Crippen molar-refractivity contribution in [3.8, 4) is 0 Å². The molecule has 1 aliphatic heterocycles. The highest BCUT2D eigenvalue weighted by molar-refractivity contribution is 7.80. The summed E-state index contributed by atoms with van der Waals surface area (Å²) < 4.78 is 6.22. The molecule has 0 atom stereocenters. The molecule has 8 nitrogen and oxygen atoms in total. The zero-order valence-corrected chi connectivity index (χ0v) is 21.2. The summed E-state index contributed by atoms with van der Waals surface area (Å²) in [6, 6.07) is 3.92. The Labute approximate surface area is 196 Å². The Bertz CT molecular complexity index is 842. The van der Waals surface area contributed by atoms with Gasteiger partial charge in [-0.2, -0.15) is 10.2 Å². The van der Waals surface area contributed by atoms with Gasteiger partial charge in [-0.3, -0.25) is 15.8 Å². The van der Waals surface area contributed by atoms with Gasteiger partial charge >= 0.3 is 0 Å². The number of hydrogen-bond acceptors (Lipinski definition) is 6. The monoisotopic (exact) mass is 465 g/mol. The minimum atomic E-state index is 0.107. The molecule has 0 saturated carbocycles. The minimum Gasteiger partial charge on any atom is -0.458 e. The van der Waals surface area contributed by atoms with Gasteiger partial charge in [0.2, 0.25) is 0 Å². The number of rotatable bonds is 6. The number of thiocarbonyl (C=S) groups is 2. The Hall–Kier alpha value is -2.04. The van der Waals surface area contributed by atoms with Crippen molar-refractivity contribution in [2.45, 2.75) is 71.5 Å². The maximum absolute atomic E-state index is 6.22. The van der Waals surface area contributed by atoms with Crippen LogP contribution in [-0.2, 0) is 6.54 Å². The Morgan fingerprint density at radius 3 is 2.10 bits per heavy atom. The van der Waals surface area contributed by atoms with Gasteiger partial charge in [-0.15, -0.1) is 0 Å². The summed E-state index contributed by atoms with van der Waals surface area (Å²) >= 11 is 10.2. The molecular weight excluding hydrogens is 430 g/mol. The van der Waals surface area contributed by atoms with Crippen molar-refractivity contribution in [2.24, 2.45) is 10.2 Å². The average Bonchev–Trinajstić information content (AvgIpc) is 3.17. The molecular formula is C21H35N7OS2.